The van der Waals surface area contributed by atoms with Crippen molar-refractivity contribution >= 4 is 17.5 Å². The zero-order chi connectivity index (χ0) is 25.9. The fourth-order valence-corrected chi connectivity index (χ4v) is 4.39. The maximum Gasteiger partial charge on any atom is 0.417 e. The molecule has 0 aliphatic carbocycles. The highest BCUT2D eigenvalue weighted by molar-refractivity contribution is 5.75. The number of amides is 1. The lowest BCUT2D eigenvalue weighted by Gasteiger charge is -2.36. The average molecular weight is 548 g/mol. The van der Waals surface area contributed by atoms with E-state index in [1.165, 1.54) is 6.07 Å². The van der Waals surface area contributed by atoms with Crippen LogP contribution in [0.1, 0.15) is 38.6 Å². The number of carbonyl (C=O) groups excluding carboxylic acids is 1. The van der Waals surface area contributed by atoms with Crippen LogP contribution in [0.2, 0.25) is 0 Å². The summed E-state index contributed by atoms with van der Waals surface area (Å²) in [6, 6.07) is 1.49. The van der Waals surface area contributed by atoms with Crippen LogP contribution >= 0.6 is 0 Å². The number of rotatable bonds is 7. The summed E-state index contributed by atoms with van der Waals surface area (Å²) in [6.45, 7) is 1.22. The van der Waals surface area contributed by atoms with Gasteiger partial charge in [-0.3, -0.25) is 14.7 Å². The van der Waals surface area contributed by atoms with Crippen LogP contribution in [0.15, 0.2) is 24.7 Å². The highest BCUT2D eigenvalue weighted by atomic mass is 19.4. The van der Waals surface area contributed by atoms with Crippen LogP contribution in [0.25, 0.3) is 0 Å². The molecule has 2 fully saturated rings. The molecule has 2 aliphatic heterocycles. The molecule has 4 rings (SSSR count). The van der Waals surface area contributed by atoms with Gasteiger partial charge in [0, 0.05) is 31.7 Å². The lowest BCUT2D eigenvalue weighted by molar-refractivity contribution is -0.137. The van der Waals surface area contributed by atoms with E-state index in [4.69, 9.17) is 10.5 Å². The van der Waals surface area contributed by atoms with Crippen LogP contribution in [0.3, 0.4) is 0 Å². The Morgan fingerprint density at radius 3 is 2.58 bits per heavy atom. The zero-order valence-electron chi connectivity index (χ0n) is 19.2. The van der Waals surface area contributed by atoms with Gasteiger partial charge in [-0.25, -0.2) is 14.4 Å². The number of morpholine rings is 1. The Hall–Kier alpha value is -3.13. The summed E-state index contributed by atoms with van der Waals surface area (Å²) < 4.78 is 74.2. The molecule has 0 radical (unpaired) electrons. The number of hydrogen-bond acceptors (Lipinski definition) is 8. The Balaban J connectivity index is 0.00000253. The molecule has 0 unspecified atom stereocenters. The zero-order valence-corrected chi connectivity index (χ0v) is 19.2. The lowest BCUT2D eigenvalue weighted by Crippen LogP contribution is -2.46. The second-order valence-electron chi connectivity index (χ2n) is 8.76. The molecule has 212 valence electrons. The third-order valence-corrected chi connectivity index (χ3v) is 6.30. The van der Waals surface area contributed by atoms with Gasteiger partial charge in [-0.05, 0) is 25.1 Å². The third kappa shape index (κ3) is 7.25. The molecule has 38 heavy (non-hydrogen) atoms. The average Bonchev–Trinajstić information content (AvgIpc) is 2.83. The number of halogens is 5. The number of nitrogens with two attached hydrogens (primary N) is 1. The molecule has 14 heteroatoms. The SMILES string of the molecule is C.C.NC(=O)CN1CC[C@H](CNc2ncnc(N3CCOC[C@@H]3c3ccc(C(F)(F)F)cn3)c2F)[C@@H](F)C1. The molecule has 0 spiro atoms. The van der Waals surface area contributed by atoms with E-state index in [0.29, 0.717) is 13.0 Å². The Morgan fingerprint density at radius 1 is 1.18 bits per heavy atom. The smallest absolute Gasteiger partial charge is 0.377 e. The Kier molecular flexibility index (Phi) is 10.7. The van der Waals surface area contributed by atoms with E-state index in [0.717, 1.165) is 18.6 Å². The highest BCUT2D eigenvalue weighted by Gasteiger charge is 2.34. The van der Waals surface area contributed by atoms with E-state index in [9.17, 15) is 22.4 Å². The van der Waals surface area contributed by atoms with Gasteiger partial charge in [-0.1, -0.05) is 14.9 Å². The molecule has 1 amide bonds. The molecule has 9 nitrogen and oxygen atoms in total. The van der Waals surface area contributed by atoms with Crippen LogP contribution < -0.4 is 16.0 Å². The van der Waals surface area contributed by atoms with Gasteiger partial charge in [-0.15, -0.1) is 0 Å². The summed E-state index contributed by atoms with van der Waals surface area (Å²) in [5.74, 6) is -1.88. The summed E-state index contributed by atoms with van der Waals surface area (Å²) in [5, 5.41) is 2.85. The van der Waals surface area contributed by atoms with Crippen molar-refractivity contribution in [3.8, 4) is 0 Å². The van der Waals surface area contributed by atoms with Crippen molar-refractivity contribution in [2.75, 3.05) is 56.2 Å². The van der Waals surface area contributed by atoms with Gasteiger partial charge in [0.25, 0.3) is 0 Å². The number of primary amides is 1. The fraction of sp³-hybridized carbons (Fsp3) is 0.583. The molecule has 2 aromatic heterocycles. The van der Waals surface area contributed by atoms with Crippen molar-refractivity contribution in [3.05, 3.63) is 41.7 Å². The minimum atomic E-state index is -4.52. The number of likely N-dealkylation sites (tertiary alicyclic amines) is 1. The van der Waals surface area contributed by atoms with E-state index in [1.807, 2.05) is 0 Å². The first-order chi connectivity index (χ1) is 17.1. The monoisotopic (exact) mass is 547 g/mol. The van der Waals surface area contributed by atoms with E-state index < -0.39 is 41.6 Å². The third-order valence-electron chi connectivity index (χ3n) is 6.30. The number of alkyl halides is 4. The quantitative estimate of drug-likeness (QED) is 0.508. The molecule has 0 saturated carbocycles. The summed E-state index contributed by atoms with van der Waals surface area (Å²) in [7, 11) is 0. The van der Waals surface area contributed by atoms with Crippen molar-refractivity contribution < 1.29 is 31.5 Å². The van der Waals surface area contributed by atoms with Crippen molar-refractivity contribution in [1.29, 1.82) is 0 Å². The maximum absolute atomic E-state index is 15.4. The lowest BCUT2D eigenvalue weighted by atomic mass is 9.95. The number of pyridine rings is 1. The minimum Gasteiger partial charge on any atom is -0.377 e. The molecule has 0 bridgehead atoms. The van der Waals surface area contributed by atoms with E-state index in [1.54, 1.807) is 9.80 Å². The summed E-state index contributed by atoms with van der Waals surface area (Å²) in [5.41, 5.74) is 4.56. The van der Waals surface area contributed by atoms with Crippen molar-refractivity contribution in [2.24, 2.45) is 11.7 Å². The number of hydrogen-bond donors (Lipinski definition) is 2. The van der Waals surface area contributed by atoms with Gasteiger partial charge in [0.2, 0.25) is 11.7 Å². The van der Waals surface area contributed by atoms with Crippen molar-refractivity contribution in [1.82, 2.24) is 19.9 Å². The first-order valence-electron chi connectivity index (χ1n) is 11.4. The van der Waals surface area contributed by atoms with E-state index >= 15 is 4.39 Å². The maximum atomic E-state index is 15.4. The number of anilines is 2. The molecule has 0 aromatic carbocycles. The van der Waals surface area contributed by atoms with E-state index in [-0.39, 0.29) is 71.6 Å². The van der Waals surface area contributed by atoms with Crippen LogP contribution in [-0.2, 0) is 15.7 Å². The van der Waals surface area contributed by atoms with Crippen molar-refractivity contribution in [3.63, 3.8) is 0 Å². The number of nitrogens with one attached hydrogen (secondary N) is 1. The summed E-state index contributed by atoms with van der Waals surface area (Å²) >= 11 is 0. The van der Waals surface area contributed by atoms with Gasteiger partial charge >= 0.3 is 6.18 Å². The van der Waals surface area contributed by atoms with Crippen molar-refractivity contribution in [2.45, 2.75) is 39.7 Å². The second-order valence-corrected chi connectivity index (χ2v) is 8.76. The van der Waals surface area contributed by atoms with Crippen LogP contribution in [0.5, 0.6) is 0 Å². The second kappa shape index (κ2) is 13.1. The number of piperidine rings is 1. The highest BCUT2D eigenvalue weighted by Crippen LogP contribution is 2.33. The Bertz CT molecular complexity index is 1060. The standard InChI is InChI=1S/C22H26F5N7O2.2CH4/c23-15-9-33(10-18(28)35)4-3-13(15)7-30-20-19(24)21(32-12-31-20)34-5-6-36-11-17(34)16-2-1-14(8-29-16)22(25,26)27;;/h1-2,8,12-13,15,17H,3-7,9-11H2,(H2,28,35)(H,30,31,32);2*1H4/t13-,15+,17-;;/m1../s1. The summed E-state index contributed by atoms with van der Waals surface area (Å²) in [4.78, 5) is 26.2. The largest absolute Gasteiger partial charge is 0.417 e. The first kappa shape index (κ1) is 31.1. The topological polar surface area (TPSA) is 110 Å². The molecule has 4 heterocycles. The predicted octanol–water partition coefficient (Wildman–Crippen LogP) is 3.44. The molecule has 2 saturated heterocycles. The van der Waals surface area contributed by atoms with Gasteiger partial charge in [0.15, 0.2) is 11.6 Å². The Morgan fingerprint density at radius 2 is 1.95 bits per heavy atom. The number of aromatic nitrogens is 3. The normalized spacial score (nSPS) is 22.2. The number of nitrogens with zero attached hydrogens (tertiary/aromatic N) is 5. The molecule has 3 atom stereocenters. The predicted molar refractivity (Wildman–Crippen MR) is 133 cm³/mol. The van der Waals surface area contributed by atoms with Crippen LogP contribution in [-0.4, -0.2) is 77.9 Å². The Labute approximate surface area is 218 Å². The number of carbonyl (C=O) groups is 1. The summed E-state index contributed by atoms with van der Waals surface area (Å²) in [6.07, 6.45) is -3.41. The number of ether oxygens (including phenoxy) is 1. The van der Waals surface area contributed by atoms with Gasteiger partial charge in [-0.2, -0.15) is 17.6 Å². The molecule has 3 N–H and O–H groups in total. The van der Waals surface area contributed by atoms with Gasteiger partial charge in [0.1, 0.15) is 12.5 Å². The molecule has 2 aliphatic rings. The molecular weight excluding hydrogens is 513 g/mol. The van der Waals surface area contributed by atoms with E-state index in [2.05, 4.69) is 20.3 Å². The first-order valence-corrected chi connectivity index (χ1v) is 11.4. The minimum absolute atomic E-state index is 0. The molecular formula is C24H34F5N7O2. The van der Waals surface area contributed by atoms with Gasteiger partial charge < -0.3 is 20.7 Å². The van der Waals surface area contributed by atoms with Crippen LogP contribution in [0, 0.1) is 11.7 Å². The molecule has 2 aromatic rings. The van der Waals surface area contributed by atoms with Gasteiger partial charge in [0.05, 0.1) is 37.1 Å². The van der Waals surface area contributed by atoms with Crippen LogP contribution in [0.4, 0.5) is 33.6 Å². The fourth-order valence-electron chi connectivity index (χ4n) is 4.39.